The highest BCUT2D eigenvalue weighted by atomic mass is 35.5. The van der Waals surface area contributed by atoms with Gasteiger partial charge in [0, 0.05) is 22.7 Å². The molecule has 1 fully saturated rings. The highest BCUT2D eigenvalue weighted by Crippen LogP contribution is 2.30. The fourth-order valence-electron chi connectivity index (χ4n) is 2.82. The quantitative estimate of drug-likeness (QED) is 0.765. The van der Waals surface area contributed by atoms with Crippen molar-refractivity contribution in [2.24, 2.45) is 0 Å². The monoisotopic (exact) mass is 315 g/mol. The molecule has 2 atom stereocenters. The first-order valence-corrected chi connectivity index (χ1v) is 8.26. The number of rotatable bonds is 7. The van der Waals surface area contributed by atoms with Gasteiger partial charge in [-0.15, -0.1) is 0 Å². The van der Waals surface area contributed by atoms with Crippen LogP contribution in [-0.2, 0) is 4.74 Å². The Kier molecular flexibility index (Phi) is 6.63. The van der Waals surface area contributed by atoms with E-state index in [4.69, 9.17) is 27.9 Å². The Morgan fingerprint density at radius 1 is 1.40 bits per heavy atom. The van der Waals surface area contributed by atoms with Crippen LogP contribution in [-0.4, -0.2) is 19.3 Å². The highest BCUT2D eigenvalue weighted by molar-refractivity contribution is 6.33. The number of ether oxygens (including phenoxy) is 1. The van der Waals surface area contributed by atoms with Gasteiger partial charge in [-0.3, -0.25) is 0 Å². The fourth-order valence-corrected chi connectivity index (χ4v) is 3.25. The van der Waals surface area contributed by atoms with Crippen molar-refractivity contribution in [3.63, 3.8) is 0 Å². The Bertz CT molecular complexity index is 419. The van der Waals surface area contributed by atoms with Gasteiger partial charge in [0.1, 0.15) is 0 Å². The van der Waals surface area contributed by atoms with Crippen LogP contribution in [0.1, 0.15) is 50.6 Å². The van der Waals surface area contributed by atoms with Crippen molar-refractivity contribution >= 4 is 23.2 Å². The van der Waals surface area contributed by atoms with Gasteiger partial charge in [0.05, 0.1) is 6.10 Å². The largest absolute Gasteiger partial charge is 0.378 e. The van der Waals surface area contributed by atoms with E-state index in [0.717, 1.165) is 48.0 Å². The van der Waals surface area contributed by atoms with Gasteiger partial charge in [0.25, 0.3) is 0 Å². The molecule has 2 unspecified atom stereocenters. The molecule has 4 heteroatoms. The summed E-state index contributed by atoms with van der Waals surface area (Å²) in [6, 6.07) is 5.96. The van der Waals surface area contributed by atoms with Gasteiger partial charge in [-0.2, -0.15) is 0 Å². The highest BCUT2D eigenvalue weighted by Gasteiger charge is 2.18. The molecule has 1 N–H and O–H groups in total. The minimum atomic E-state index is 0.271. The summed E-state index contributed by atoms with van der Waals surface area (Å²) in [4.78, 5) is 0. The molecule has 2 nitrogen and oxygen atoms in total. The zero-order chi connectivity index (χ0) is 14.4. The van der Waals surface area contributed by atoms with E-state index < -0.39 is 0 Å². The van der Waals surface area contributed by atoms with Gasteiger partial charge in [0.15, 0.2) is 0 Å². The van der Waals surface area contributed by atoms with Crippen LogP contribution >= 0.6 is 23.2 Å². The molecule has 112 valence electrons. The molecular formula is C16H23Cl2NO. The average Bonchev–Trinajstić information content (AvgIpc) is 2.94. The van der Waals surface area contributed by atoms with Crippen LogP contribution in [0.4, 0.5) is 0 Å². The Hall–Kier alpha value is -0.280. The number of nitrogens with one attached hydrogen (secondary N) is 1. The maximum absolute atomic E-state index is 6.31. The predicted molar refractivity (Wildman–Crippen MR) is 85.7 cm³/mol. The van der Waals surface area contributed by atoms with E-state index in [9.17, 15) is 0 Å². The Morgan fingerprint density at radius 3 is 2.95 bits per heavy atom. The van der Waals surface area contributed by atoms with E-state index in [0.29, 0.717) is 6.10 Å². The van der Waals surface area contributed by atoms with Crippen LogP contribution in [0.25, 0.3) is 0 Å². The topological polar surface area (TPSA) is 21.3 Å². The van der Waals surface area contributed by atoms with E-state index in [2.05, 4.69) is 12.2 Å². The molecule has 0 aromatic heterocycles. The summed E-state index contributed by atoms with van der Waals surface area (Å²) >= 11 is 12.4. The van der Waals surface area contributed by atoms with Crippen molar-refractivity contribution in [2.45, 2.75) is 51.2 Å². The summed E-state index contributed by atoms with van der Waals surface area (Å²) in [7, 11) is 0. The molecule has 0 aliphatic carbocycles. The lowest BCUT2D eigenvalue weighted by Gasteiger charge is -2.20. The number of hydrogen-bond donors (Lipinski definition) is 1. The minimum Gasteiger partial charge on any atom is -0.378 e. The van der Waals surface area contributed by atoms with Gasteiger partial charge in [0.2, 0.25) is 0 Å². The maximum Gasteiger partial charge on any atom is 0.0576 e. The lowest BCUT2D eigenvalue weighted by molar-refractivity contribution is 0.101. The summed E-state index contributed by atoms with van der Waals surface area (Å²) in [5, 5.41) is 5.04. The van der Waals surface area contributed by atoms with E-state index in [1.807, 2.05) is 18.2 Å². The standard InChI is InChI=1S/C16H23Cl2NO/c1-2-19-16(7-3-5-13-6-4-10-20-13)14-11-12(17)8-9-15(14)18/h8-9,11,13,16,19H,2-7,10H2,1H3. The Labute approximate surface area is 131 Å². The van der Waals surface area contributed by atoms with Crippen LogP contribution < -0.4 is 5.32 Å². The summed E-state index contributed by atoms with van der Waals surface area (Å²) in [6.45, 7) is 3.97. The molecule has 0 radical (unpaired) electrons. The maximum atomic E-state index is 6.31. The number of halogens is 2. The van der Waals surface area contributed by atoms with E-state index >= 15 is 0 Å². The zero-order valence-electron chi connectivity index (χ0n) is 12.0. The third kappa shape index (κ3) is 4.63. The van der Waals surface area contributed by atoms with Crippen molar-refractivity contribution in [3.05, 3.63) is 33.8 Å². The molecule has 1 aliphatic heterocycles. The smallest absolute Gasteiger partial charge is 0.0576 e. The number of hydrogen-bond acceptors (Lipinski definition) is 2. The molecule has 0 saturated carbocycles. The van der Waals surface area contributed by atoms with Gasteiger partial charge < -0.3 is 10.1 Å². The second-order valence-electron chi connectivity index (χ2n) is 5.34. The molecule has 1 aromatic rings. The van der Waals surface area contributed by atoms with Crippen molar-refractivity contribution < 1.29 is 4.74 Å². The molecule has 0 bridgehead atoms. The summed E-state index contributed by atoms with van der Waals surface area (Å²) in [5.41, 5.74) is 1.10. The van der Waals surface area contributed by atoms with Gasteiger partial charge in [-0.25, -0.2) is 0 Å². The summed E-state index contributed by atoms with van der Waals surface area (Å²) in [5.74, 6) is 0. The molecule has 20 heavy (non-hydrogen) atoms. The average molecular weight is 316 g/mol. The first-order chi connectivity index (χ1) is 9.70. The van der Waals surface area contributed by atoms with E-state index in [1.54, 1.807) is 0 Å². The molecule has 0 spiro atoms. The van der Waals surface area contributed by atoms with Crippen LogP contribution in [0.5, 0.6) is 0 Å². The SMILES string of the molecule is CCNC(CCCC1CCCO1)c1cc(Cl)ccc1Cl. The second-order valence-corrected chi connectivity index (χ2v) is 6.19. The second kappa shape index (κ2) is 8.23. The third-order valence-electron chi connectivity index (χ3n) is 3.83. The Morgan fingerprint density at radius 2 is 2.25 bits per heavy atom. The number of benzene rings is 1. The fraction of sp³-hybridized carbons (Fsp3) is 0.625. The van der Waals surface area contributed by atoms with Crippen molar-refractivity contribution in [3.8, 4) is 0 Å². The lowest BCUT2D eigenvalue weighted by Crippen LogP contribution is -2.21. The molecule has 1 heterocycles. The molecule has 0 amide bonds. The first-order valence-electron chi connectivity index (χ1n) is 7.50. The third-order valence-corrected chi connectivity index (χ3v) is 4.41. The van der Waals surface area contributed by atoms with Gasteiger partial charge in [-0.05, 0) is 62.4 Å². The molecule has 1 aromatic carbocycles. The summed E-state index contributed by atoms with van der Waals surface area (Å²) in [6.07, 6.45) is 6.23. The van der Waals surface area contributed by atoms with Gasteiger partial charge >= 0.3 is 0 Å². The van der Waals surface area contributed by atoms with E-state index in [1.165, 1.54) is 12.8 Å². The van der Waals surface area contributed by atoms with Crippen LogP contribution in [0.15, 0.2) is 18.2 Å². The first kappa shape index (κ1) is 16.1. The van der Waals surface area contributed by atoms with Crippen LogP contribution in [0, 0.1) is 0 Å². The summed E-state index contributed by atoms with van der Waals surface area (Å²) < 4.78 is 5.68. The molecule has 1 aliphatic rings. The van der Waals surface area contributed by atoms with Crippen LogP contribution in [0.2, 0.25) is 10.0 Å². The van der Waals surface area contributed by atoms with Crippen LogP contribution in [0.3, 0.4) is 0 Å². The Balaban J connectivity index is 1.93. The van der Waals surface area contributed by atoms with Crippen molar-refractivity contribution in [1.29, 1.82) is 0 Å². The zero-order valence-corrected chi connectivity index (χ0v) is 13.5. The molecule has 2 rings (SSSR count). The van der Waals surface area contributed by atoms with Crippen molar-refractivity contribution in [2.75, 3.05) is 13.2 Å². The van der Waals surface area contributed by atoms with Gasteiger partial charge in [-0.1, -0.05) is 30.1 Å². The van der Waals surface area contributed by atoms with Crippen molar-refractivity contribution in [1.82, 2.24) is 5.32 Å². The normalized spacial score (nSPS) is 20.2. The molecular weight excluding hydrogens is 293 g/mol. The van der Waals surface area contributed by atoms with E-state index in [-0.39, 0.29) is 6.04 Å². The molecule has 1 saturated heterocycles. The predicted octanol–water partition coefficient (Wildman–Crippen LogP) is 4.99. The minimum absolute atomic E-state index is 0.271. The lowest BCUT2D eigenvalue weighted by atomic mass is 9.99.